The lowest BCUT2D eigenvalue weighted by Gasteiger charge is -2.04. The molecule has 0 amide bonds. The highest BCUT2D eigenvalue weighted by Crippen LogP contribution is 2.21. The predicted molar refractivity (Wildman–Crippen MR) is 92.4 cm³/mol. The minimum Gasteiger partial charge on any atom is -0.494 e. The number of H-pyrrole nitrogens is 1. The van der Waals surface area contributed by atoms with Gasteiger partial charge in [0.25, 0.3) is 0 Å². The summed E-state index contributed by atoms with van der Waals surface area (Å²) in [6, 6.07) is 15.7. The van der Waals surface area contributed by atoms with Crippen molar-refractivity contribution in [1.29, 1.82) is 0 Å². The number of rotatable bonds is 5. The first-order chi connectivity index (χ1) is 11.2. The fourth-order valence-corrected chi connectivity index (χ4v) is 2.52. The molecule has 0 atom stereocenters. The van der Waals surface area contributed by atoms with Crippen LogP contribution in [0.3, 0.4) is 0 Å². The molecule has 0 saturated heterocycles. The molecule has 2 aromatic carbocycles. The van der Waals surface area contributed by atoms with Gasteiger partial charge in [0.15, 0.2) is 0 Å². The van der Waals surface area contributed by atoms with E-state index >= 15 is 0 Å². The van der Waals surface area contributed by atoms with Gasteiger partial charge in [-0.3, -0.25) is 4.57 Å². The third-order valence-electron chi connectivity index (χ3n) is 3.82. The predicted octanol–water partition coefficient (Wildman–Crippen LogP) is 3.79. The molecule has 0 aliphatic rings. The molecule has 1 aromatic heterocycles. The molecule has 118 valence electrons. The topological polar surface area (TPSA) is 47.0 Å². The number of aromatic nitrogens is 2. The Morgan fingerprint density at radius 1 is 1.00 bits per heavy atom. The molecular formula is C19H20N2O2. The van der Waals surface area contributed by atoms with Gasteiger partial charge in [0.1, 0.15) is 5.75 Å². The lowest BCUT2D eigenvalue weighted by molar-refractivity contribution is 0.340. The maximum atomic E-state index is 12.2. The summed E-state index contributed by atoms with van der Waals surface area (Å²) >= 11 is 0. The van der Waals surface area contributed by atoms with Gasteiger partial charge in [-0.05, 0) is 60.9 Å². The van der Waals surface area contributed by atoms with Gasteiger partial charge in [0.2, 0.25) is 0 Å². The van der Waals surface area contributed by atoms with E-state index < -0.39 is 0 Å². The first-order valence-corrected chi connectivity index (χ1v) is 7.85. The maximum Gasteiger partial charge on any atom is 0.330 e. The summed E-state index contributed by atoms with van der Waals surface area (Å²) in [7, 11) is 0. The molecule has 0 saturated carbocycles. The standard InChI is InChI=1S/C19H20N2O2/c1-3-14-5-9-16(10-6-14)21-13-18(20-19(21)22)15-7-11-17(12-8-15)23-4-2/h5-13H,3-4H2,1-2H3,(H,20,22). The molecule has 0 fully saturated rings. The molecule has 0 aliphatic carbocycles. The number of ether oxygens (including phenoxy) is 1. The molecule has 4 heteroatoms. The van der Waals surface area contributed by atoms with Crippen LogP contribution in [0.2, 0.25) is 0 Å². The number of nitrogens with one attached hydrogen (secondary N) is 1. The third-order valence-corrected chi connectivity index (χ3v) is 3.82. The Hall–Kier alpha value is -2.75. The van der Waals surface area contributed by atoms with Crippen molar-refractivity contribution in [3.63, 3.8) is 0 Å². The molecule has 0 radical (unpaired) electrons. The number of benzene rings is 2. The highest BCUT2D eigenvalue weighted by atomic mass is 16.5. The number of aryl methyl sites for hydroxylation is 1. The van der Waals surface area contributed by atoms with E-state index in [-0.39, 0.29) is 5.69 Å². The molecule has 0 aliphatic heterocycles. The van der Waals surface area contributed by atoms with E-state index in [1.807, 2.05) is 61.7 Å². The van der Waals surface area contributed by atoms with Gasteiger partial charge in [0, 0.05) is 6.20 Å². The summed E-state index contributed by atoms with van der Waals surface area (Å²) in [4.78, 5) is 15.1. The minimum atomic E-state index is -0.141. The van der Waals surface area contributed by atoms with Crippen LogP contribution in [-0.2, 0) is 6.42 Å². The summed E-state index contributed by atoms with van der Waals surface area (Å²) in [5, 5.41) is 0. The van der Waals surface area contributed by atoms with Crippen LogP contribution in [0.25, 0.3) is 16.9 Å². The first kappa shape index (κ1) is 15.2. The van der Waals surface area contributed by atoms with Crippen molar-refractivity contribution >= 4 is 0 Å². The summed E-state index contributed by atoms with van der Waals surface area (Å²) < 4.78 is 7.07. The normalized spacial score (nSPS) is 10.7. The highest BCUT2D eigenvalue weighted by Gasteiger charge is 2.07. The molecule has 0 unspecified atom stereocenters. The fourth-order valence-electron chi connectivity index (χ4n) is 2.52. The first-order valence-electron chi connectivity index (χ1n) is 7.85. The molecule has 1 N–H and O–H groups in total. The van der Waals surface area contributed by atoms with Crippen molar-refractivity contribution in [2.24, 2.45) is 0 Å². The summed E-state index contributed by atoms with van der Waals surface area (Å²) in [6.45, 7) is 4.71. The van der Waals surface area contributed by atoms with E-state index in [0.29, 0.717) is 6.61 Å². The molecule has 3 aromatic rings. The zero-order valence-electron chi connectivity index (χ0n) is 13.4. The smallest absolute Gasteiger partial charge is 0.330 e. The van der Waals surface area contributed by atoms with E-state index in [2.05, 4.69) is 11.9 Å². The van der Waals surface area contributed by atoms with Gasteiger partial charge in [0.05, 0.1) is 18.0 Å². The molecule has 0 spiro atoms. The largest absolute Gasteiger partial charge is 0.494 e. The van der Waals surface area contributed by atoms with Gasteiger partial charge in [-0.2, -0.15) is 0 Å². The Morgan fingerprint density at radius 2 is 1.70 bits per heavy atom. The van der Waals surface area contributed by atoms with E-state index in [1.165, 1.54) is 5.56 Å². The maximum absolute atomic E-state index is 12.2. The Balaban J connectivity index is 1.92. The number of nitrogens with zero attached hydrogens (tertiary/aromatic N) is 1. The van der Waals surface area contributed by atoms with Crippen molar-refractivity contribution in [2.45, 2.75) is 20.3 Å². The molecular weight excluding hydrogens is 288 g/mol. The van der Waals surface area contributed by atoms with Crippen LogP contribution in [-0.4, -0.2) is 16.2 Å². The zero-order chi connectivity index (χ0) is 16.2. The van der Waals surface area contributed by atoms with Gasteiger partial charge in [-0.1, -0.05) is 19.1 Å². The van der Waals surface area contributed by atoms with Crippen molar-refractivity contribution in [3.05, 3.63) is 70.8 Å². The molecule has 4 nitrogen and oxygen atoms in total. The van der Waals surface area contributed by atoms with Gasteiger partial charge < -0.3 is 9.72 Å². The number of hydrogen-bond acceptors (Lipinski definition) is 2. The summed E-state index contributed by atoms with van der Waals surface area (Å²) in [6.07, 6.45) is 2.82. The molecule has 0 bridgehead atoms. The van der Waals surface area contributed by atoms with Crippen LogP contribution >= 0.6 is 0 Å². The number of hydrogen-bond donors (Lipinski definition) is 1. The average molecular weight is 308 g/mol. The van der Waals surface area contributed by atoms with Gasteiger partial charge in [-0.25, -0.2) is 4.79 Å². The lowest BCUT2D eigenvalue weighted by Crippen LogP contribution is -2.13. The second kappa shape index (κ2) is 6.57. The fraction of sp³-hybridized carbons (Fsp3) is 0.211. The monoisotopic (exact) mass is 308 g/mol. The molecule has 1 heterocycles. The second-order valence-electron chi connectivity index (χ2n) is 5.32. The molecule has 3 rings (SSSR count). The summed E-state index contributed by atoms with van der Waals surface area (Å²) in [5.74, 6) is 0.827. The van der Waals surface area contributed by atoms with Crippen LogP contribution in [0.15, 0.2) is 59.5 Å². The van der Waals surface area contributed by atoms with Crippen LogP contribution < -0.4 is 10.4 Å². The zero-order valence-corrected chi connectivity index (χ0v) is 13.4. The average Bonchev–Trinajstić information content (AvgIpc) is 2.98. The Morgan fingerprint density at radius 3 is 2.30 bits per heavy atom. The molecule has 23 heavy (non-hydrogen) atoms. The minimum absolute atomic E-state index is 0.141. The van der Waals surface area contributed by atoms with E-state index in [4.69, 9.17) is 4.74 Å². The Kier molecular flexibility index (Phi) is 4.33. The van der Waals surface area contributed by atoms with Crippen molar-refractivity contribution in [1.82, 2.24) is 9.55 Å². The van der Waals surface area contributed by atoms with E-state index in [1.54, 1.807) is 4.57 Å². The number of aromatic amines is 1. The highest BCUT2D eigenvalue weighted by molar-refractivity contribution is 5.60. The van der Waals surface area contributed by atoms with E-state index in [9.17, 15) is 4.79 Å². The summed E-state index contributed by atoms with van der Waals surface area (Å²) in [5.41, 5.74) is 3.72. The quantitative estimate of drug-likeness (QED) is 0.779. The van der Waals surface area contributed by atoms with E-state index in [0.717, 1.165) is 29.1 Å². The second-order valence-corrected chi connectivity index (χ2v) is 5.32. The lowest BCUT2D eigenvalue weighted by atomic mass is 10.1. The van der Waals surface area contributed by atoms with Crippen LogP contribution in [0, 0.1) is 0 Å². The van der Waals surface area contributed by atoms with Gasteiger partial charge >= 0.3 is 5.69 Å². The van der Waals surface area contributed by atoms with Crippen molar-refractivity contribution in [2.75, 3.05) is 6.61 Å². The van der Waals surface area contributed by atoms with Crippen molar-refractivity contribution < 1.29 is 4.74 Å². The number of imidazole rings is 1. The SMILES string of the molecule is CCOc1ccc(-c2cn(-c3ccc(CC)cc3)c(=O)[nH]2)cc1. The van der Waals surface area contributed by atoms with Gasteiger partial charge in [-0.15, -0.1) is 0 Å². The Labute approximate surface area is 135 Å². The van der Waals surface area contributed by atoms with Crippen LogP contribution in [0.5, 0.6) is 5.75 Å². The third kappa shape index (κ3) is 3.21. The Bertz CT molecular complexity index is 827. The van der Waals surface area contributed by atoms with Crippen molar-refractivity contribution in [3.8, 4) is 22.7 Å². The van der Waals surface area contributed by atoms with Crippen LogP contribution in [0.4, 0.5) is 0 Å². The van der Waals surface area contributed by atoms with Crippen LogP contribution in [0.1, 0.15) is 19.4 Å².